The van der Waals surface area contributed by atoms with Gasteiger partial charge in [0, 0.05) is 30.7 Å². The number of nitrogens with one attached hydrogen (secondary N) is 1. The van der Waals surface area contributed by atoms with E-state index in [1.807, 2.05) is 23.1 Å². The first kappa shape index (κ1) is 12.9. The third-order valence-corrected chi connectivity index (χ3v) is 3.38. The van der Waals surface area contributed by atoms with E-state index in [2.05, 4.69) is 19.2 Å². The zero-order valence-electron chi connectivity index (χ0n) is 11.1. The standard InChI is InChI=1S/C14H20N2O2/c1-10-8-15-9-11(2)16(10)14(17)12-5-4-6-13(7-12)18-3/h4-7,10-11,15H,8-9H2,1-3H3. The number of piperazine rings is 1. The lowest BCUT2D eigenvalue weighted by molar-refractivity contribution is 0.0544. The average Bonchev–Trinajstić information content (AvgIpc) is 2.38. The van der Waals surface area contributed by atoms with Crippen LogP contribution in [0.1, 0.15) is 24.2 Å². The van der Waals surface area contributed by atoms with Crippen molar-refractivity contribution in [1.29, 1.82) is 0 Å². The van der Waals surface area contributed by atoms with Crippen molar-refractivity contribution in [2.45, 2.75) is 25.9 Å². The van der Waals surface area contributed by atoms with Gasteiger partial charge in [-0.15, -0.1) is 0 Å². The van der Waals surface area contributed by atoms with Gasteiger partial charge in [0.15, 0.2) is 0 Å². The highest BCUT2D eigenvalue weighted by Crippen LogP contribution is 2.18. The quantitative estimate of drug-likeness (QED) is 0.862. The molecular weight excluding hydrogens is 228 g/mol. The second kappa shape index (κ2) is 5.40. The first-order valence-corrected chi connectivity index (χ1v) is 6.31. The lowest BCUT2D eigenvalue weighted by Gasteiger charge is -2.39. The molecule has 0 saturated carbocycles. The molecule has 0 bridgehead atoms. The highest BCUT2D eigenvalue weighted by Gasteiger charge is 2.29. The van der Waals surface area contributed by atoms with Crippen LogP contribution in [0.25, 0.3) is 0 Å². The Morgan fingerprint density at radius 3 is 2.61 bits per heavy atom. The molecule has 2 atom stereocenters. The van der Waals surface area contributed by atoms with E-state index in [1.165, 1.54) is 0 Å². The topological polar surface area (TPSA) is 41.6 Å². The molecule has 1 aliphatic heterocycles. The molecule has 2 unspecified atom stereocenters. The Bertz CT molecular complexity index is 424. The number of carbonyl (C=O) groups excluding carboxylic acids is 1. The monoisotopic (exact) mass is 248 g/mol. The van der Waals surface area contributed by atoms with Crippen molar-refractivity contribution in [3.8, 4) is 5.75 Å². The number of nitrogens with zero attached hydrogens (tertiary/aromatic N) is 1. The first-order valence-electron chi connectivity index (χ1n) is 6.31. The molecule has 1 aromatic carbocycles. The van der Waals surface area contributed by atoms with Gasteiger partial charge in [-0.3, -0.25) is 4.79 Å². The summed E-state index contributed by atoms with van der Waals surface area (Å²) in [4.78, 5) is 14.5. The van der Waals surface area contributed by atoms with Gasteiger partial charge in [-0.1, -0.05) is 6.07 Å². The Labute approximate surface area is 108 Å². The van der Waals surface area contributed by atoms with Crippen LogP contribution in [0.2, 0.25) is 0 Å². The van der Waals surface area contributed by atoms with Crippen LogP contribution < -0.4 is 10.1 Å². The summed E-state index contributed by atoms with van der Waals surface area (Å²) >= 11 is 0. The number of hydrogen-bond acceptors (Lipinski definition) is 3. The third kappa shape index (κ3) is 2.48. The van der Waals surface area contributed by atoms with Crippen molar-refractivity contribution in [2.24, 2.45) is 0 Å². The Balaban J connectivity index is 2.23. The van der Waals surface area contributed by atoms with Crippen LogP contribution in [0.5, 0.6) is 5.75 Å². The van der Waals surface area contributed by atoms with Crippen LogP contribution in [-0.4, -0.2) is 43.1 Å². The van der Waals surface area contributed by atoms with Gasteiger partial charge in [-0.05, 0) is 32.0 Å². The van der Waals surface area contributed by atoms with Crippen molar-refractivity contribution in [3.05, 3.63) is 29.8 Å². The van der Waals surface area contributed by atoms with Gasteiger partial charge in [-0.2, -0.15) is 0 Å². The fourth-order valence-electron chi connectivity index (χ4n) is 2.44. The van der Waals surface area contributed by atoms with Gasteiger partial charge in [0.05, 0.1) is 7.11 Å². The third-order valence-electron chi connectivity index (χ3n) is 3.38. The van der Waals surface area contributed by atoms with E-state index >= 15 is 0 Å². The normalized spacial score (nSPS) is 23.8. The van der Waals surface area contributed by atoms with Gasteiger partial charge in [0.25, 0.3) is 5.91 Å². The summed E-state index contributed by atoms with van der Waals surface area (Å²) in [6.07, 6.45) is 0. The Kier molecular flexibility index (Phi) is 3.87. The van der Waals surface area contributed by atoms with Crippen molar-refractivity contribution in [1.82, 2.24) is 10.2 Å². The summed E-state index contributed by atoms with van der Waals surface area (Å²) in [5, 5.41) is 3.32. The second-order valence-electron chi connectivity index (χ2n) is 4.80. The summed E-state index contributed by atoms with van der Waals surface area (Å²) in [7, 11) is 1.61. The van der Waals surface area contributed by atoms with Crippen LogP contribution in [0, 0.1) is 0 Å². The zero-order chi connectivity index (χ0) is 13.1. The average molecular weight is 248 g/mol. The molecule has 1 heterocycles. The van der Waals surface area contributed by atoms with Crippen LogP contribution in [0.4, 0.5) is 0 Å². The van der Waals surface area contributed by atoms with Gasteiger partial charge >= 0.3 is 0 Å². The van der Waals surface area contributed by atoms with Crippen molar-refractivity contribution >= 4 is 5.91 Å². The van der Waals surface area contributed by atoms with Crippen LogP contribution in [-0.2, 0) is 0 Å². The molecule has 18 heavy (non-hydrogen) atoms. The molecule has 4 heteroatoms. The summed E-state index contributed by atoms with van der Waals surface area (Å²) in [6, 6.07) is 7.76. The Hall–Kier alpha value is -1.55. The van der Waals surface area contributed by atoms with E-state index in [9.17, 15) is 4.79 Å². The van der Waals surface area contributed by atoms with Gasteiger partial charge < -0.3 is 15.0 Å². The predicted molar refractivity (Wildman–Crippen MR) is 71.0 cm³/mol. The molecule has 4 nitrogen and oxygen atoms in total. The van der Waals surface area contributed by atoms with E-state index in [-0.39, 0.29) is 18.0 Å². The molecule has 1 fully saturated rings. The molecule has 0 radical (unpaired) electrons. The van der Waals surface area contributed by atoms with Crippen LogP contribution in [0.3, 0.4) is 0 Å². The number of carbonyl (C=O) groups is 1. The first-order chi connectivity index (χ1) is 8.63. The van der Waals surface area contributed by atoms with Gasteiger partial charge in [0.2, 0.25) is 0 Å². The van der Waals surface area contributed by atoms with E-state index in [0.29, 0.717) is 5.56 Å². The molecule has 0 aliphatic carbocycles. The number of ether oxygens (including phenoxy) is 1. The molecule has 1 amide bonds. The smallest absolute Gasteiger partial charge is 0.254 e. The van der Waals surface area contributed by atoms with Crippen LogP contribution in [0.15, 0.2) is 24.3 Å². The predicted octanol–water partition coefficient (Wildman–Crippen LogP) is 1.52. The molecule has 1 N–H and O–H groups in total. The fourth-order valence-corrected chi connectivity index (χ4v) is 2.44. The molecule has 98 valence electrons. The highest BCUT2D eigenvalue weighted by atomic mass is 16.5. The molecule has 0 aromatic heterocycles. The van der Waals surface area contributed by atoms with Crippen molar-refractivity contribution in [2.75, 3.05) is 20.2 Å². The SMILES string of the molecule is COc1cccc(C(=O)N2C(C)CNCC2C)c1. The van der Waals surface area contributed by atoms with E-state index in [4.69, 9.17) is 4.74 Å². The number of rotatable bonds is 2. The lowest BCUT2D eigenvalue weighted by atomic mass is 10.1. The number of hydrogen-bond donors (Lipinski definition) is 1. The minimum absolute atomic E-state index is 0.0791. The fraction of sp³-hybridized carbons (Fsp3) is 0.500. The summed E-state index contributed by atoms with van der Waals surface area (Å²) in [5.74, 6) is 0.798. The maximum atomic E-state index is 12.5. The van der Waals surface area contributed by atoms with Crippen molar-refractivity contribution < 1.29 is 9.53 Å². The number of amides is 1. The minimum atomic E-state index is 0.0791. The Morgan fingerprint density at radius 2 is 2.00 bits per heavy atom. The zero-order valence-corrected chi connectivity index (χ0v) is 11.1. The lowest BCUT2D eigenvalue weighted by Crippen LogP contribution is -2.57. The number of methoxy groups -OCH3 is 1. The largest absolute Gasteiger partial charge is 0.497 e. The molecule has 1 saturated heterocycles. The van der Waals surface area contributed by atoms with E-state index in [0.717, 1.165) is 18.8 Å². The summed E-state index contributed by atoms with van der Waals surface area (Å²) in [6.45, 7) is 5.83. The van der Waals surface area contributed by atoms with E-state index in [1.54, 1.807) is 13.2 Å². The van der Waals surface area contributed by atoms with Gasteiger partial charge in [0.1, 0.15) is 5.75 Å². The summed E-state index contributed by atoms with van der Waals surface area (Å²) < 4.78 is 5.16. The molecule has 2 rings (SSSR count). The summed E-state index contributed by atoms with van der Waals surface area (Å²) in [5.41, 5.74) is 0.690. The molecule has 1 aliphatic rings. The second-order valence-corrected chi connectivity index (χ2v) is 4.80. The molecular formula is C14H20N2O2. The van der Waals surface area contributed by atoms with Gasteiger partial charge in [-0.25, -0.2) is 0 Å². The maximum absolute atomic E-state index is 12.5. The van der Waals surface area contributed by atoms with E-state index < -0.39 is 0 Å². The molecule has 0 spiro atoms. The maximum Gasteiger partial charge on any atom is 0.254 e. The Morgan fingerprint density at radius 1 is 1.33 bits per heavy atom. The highest BCUT2D eigenvalue weighted by molar-refractivity contribution is 5.95. The molecule has 1 aromatic rings. The minimum Gasteiger partial charge on any atom is -0.497 e. The van der Waals surface area contributed by atoms with Crippen LogP contribution >= 0.6 is 0 Å². The number of benzene rings is 1. The van der Waals surface area contributed by atoms with Crippen molar-refractivity contribution in [3.63, 3.8) is 0 Å².